The average Bonchev–Trinajstić information content (AvgIpc) is 2.66. The number of hydrogen-bond acceptors (Lipinski definition) is 8. The minimum absolute atomic E-state index is 0.0294. The molecule has 0 aliphatic carbocycles. The molecule has 1 aromatic heterocycles. The van der Waals surface area contributed by atoms with E-state index in [1.807, 2.05) is 0 Å². The molecule has 0 saturated heterocycles. The molecule has 2 aromatic rings. The third kappa shape index (κ3) is 6.57. The Labute approximate surface area is 174 Å². The smallest absolute Gasteiger partial charge is 0.407 e. The summed E-state index contributed by atoms with van der Waals surface area (Å²) in [5, 5.41) is 5.60. The Morgan fingerprint density at radius 1 is 1.20 bits per heavy atom. The zero-order valence-electron chi connectivity index (χ0n) is 17.4. The summed E-state index contributed by atoms with van der Waals surface area (Å²) in [6.07, 6.45) is 1.37. The lowest BCUT2D eigenvalue weighted by Gasteiger charge is -2.19. The first-order valence-electron chi connectivity index (χ1n) is 9.32. The molecule has 0 bridgehead atoms. The van der Waals surface area contributed by atoms with E-state index in [0.29, 0.717) is 19.5 Å². The fraction of sp³-hybridized carbons (Fsp3) is 0.400. The zero-order chi connectivity index (χ0) is 22.3. The van der Waals surface area contributed by atoms with Crippen molar-refractivity contribution in [1.82, 2.24) is 15.3 Å². The number of benzene rings is 1. The SMILES string of the molecule is COc1ccc(F)cc1C(=O)c1cnc(NCCCNC(=O)OC(C)(C)C)nc1N. The van der Waals surface area contributed by atoms with Crippen LogP contribution < -0.4 is 21.1 Å². The van der Waals surface area contributed by atoms with E-state index in [2.05, 4.69) is 20.6 Å². The molecule has 30 heavy (non-hydrogen) atoms. The first-order chi connectivity index (χ1) is 14.1. The van der Waals surface area contributed by atoms with Crippen LogP contribution in [0.1, 0.15) is 43.1 Å². The number of nitrogen functional groups attached to an aromatic ring is 1. The molecule has 0 spiro atoms. The predicted molar refractivity (Wildman–Crippen MR) is 110 cm³/mol. The minimum atomic E-state index is -0.572. The Kier molecular flexibility index (Phi) is 7.51. The maximum absolute atomic E-state index is 13.5. The monoisotopic (exact) mass is 419 g/mol. The lowest BCUT2D eigenvalue weighted by molar-refractivity contribution is 0.0527. The molecule has 10 heteroatoms. The molecule has 0 atom stereocenters. The van der Waals surface area contributed by atoms with Gasteiger partial charge < -0.3 is 25.8 Å². The Balaban J connectivity index is 1.92. The first kappa shape index (κ1) is 22.9. The number of hydrogen-bond donors (Lipinski definition) is 3. The van der Waals surface area contributed by atoms with Crippen LogP contribution in [0.5, 0.6) is 5.75 Å². The second kappa shape index (κ2) is 9.86. The second-order valence-corrected chi connectivity index (χ2v) is 7.38. The van der Waals surface area contributed by atoms with Crippen molar-refractivity contribution in [3.63, 3.8) is 0 Å². The molecule has 1 heterocycles. The van der Waals surface area contributed by atoms with E-state index >= 15 is 0 Å². The maximum Gasteiger partial charge on any atom is 0.407 e. The number of nitrogens with zero attached hydrogens (tertiary/aromatic N) is 2. The fourth-order valence-corrected chi connectivity index (χ4v) is 2.45. The van der Waals surface area contributed by atoms with Crippen molar-refractivity contribution in [2.24, 2.45) is 0 Å². The maximum atomic E-state index is 13.5. The second-order valence-electron chi connectivity index (χ2n) is 7.38. The summed E-state index contributed by atoms with van der Waals surface area (Å²) in [6, 6.07) is 3.63. The van der Waals surface area contributed by atoms with Crippen LogP contribution in [-0.2, 0) is 4.74 Å². The van der Waals surface area contributed by atoms with Crippen molar-refractivity contribution in [2.45, 2.75) is 32.8 Å². The van der Waals surface area contributed by atoms with Crippen molar-refractivity contribution >= 4 is 23.6 Å². The van der Waals surface area contributed by atoms with Gasteiger partial charge in [0.1, 0.15) is 23.0 Å². The van der Waals surface area contributed by atoms with E-state index in [4.69, 9.17) is 15.2 Å². The number of carbonyl (C=O) groups excluding carboxylic acids is 2. The predicted octanol–water partition coefficient (Wildman–Crippen LogP) is 2.76. The average molecular weight is 419 g/mol. The highest BCUT2D eigenvalue weighted by Crippen LogP contribution is 2.24. The van der Waals surface area contributed by atoms with E-state index in [9.17, 15) is 14.0 Å². The molecule has 162 valence electrons. The zero-order valence-corrected chi connectivity index (χ0v) is 17.4. The van der Waals surface area contributed by atoms with Gasteiger partial charge in [-0.3, -0.25) is 4.79 Å². The van der Waals surface area contributed by atoms with Crippen LogP contribution in [0, 0.1) is 5.82 Å². The lowest BCUT2D eigenvalue weighted by atomic mass is 10.0. The fourth-order valence-electron chi connectivity index (χ4n) is 2.45. The van der Waals surface area contributed by atoms with E-state index < -0.39 is 23.3 Å². The van der Waals surface area contributed by atoms with Gasteiger partial charge in [0.15, 0.2) is 0 Å². The lowest BCUT2D eigenvalue weighted by Crippen LogP contribution is -2.33. The van der Waals surface area contributed by atoms with Gasteiger partial charge in [-0.15, -0.1) is 0 Å². The highest BCUT2D eigenvalue weighted by molar-refractivity contribution is 6.13. The van der Waals surface area contributed by atoms with Gasteiger partial charge in [0.2, 0.25) is 11.7 Å². The number of nitrogens with one attached hydrogen (secondary N) is 2. The molecule has 1 aromatic carbocycles. The molecule has 2 rings (SSSR count). The third-order valence-electron chi connectivity index (χ3n) is 3.77. The highest BCUT2D eigenvalue weighted by Gasteiger charge is 2.19. The molecular weight excluding hydrogens is 393 g/mol. The quantitative estimate of drug-likeness (QED) is 0.440. The number of methoxy groups -OCH3 is 1. The Bertz CT molecular complexity index is 915. The van der Waals surface area contributed by atoms with Crippen LogP contribution in [0.15, 0.2) is 24.4 Å². The highest BCUT2D eigenvalue weighted by atomic mass is 19.1. The Morgan fingerprint density at radius 2 is 1.93 bits per heavy atom. The van der Waals surface area contributed by atoms with Gasteiger partial charge in [0.05, 0.1) is 18.2 Å². The largest absolute Gasteiger partial charge is 0.496 e. The van der Waals surface area contributed by atoms with E-state index in [-0.39, 0.29) is 28.6 Å². The van der Waals surface area contributed by atoms with Crippen LogP contribution in [-0.4, -0.2) is 47.6 Å². The summed E-state index contributed by atoms with van der Waals surface area (Å²) in [4.78, 5) is 32.4. The van der Waals surface area contributed by atoms with Crippen molar-refractivity contribution in [2.75, 3.05) is 31.2 Å². The number of amides is 1. The molecule has 0 saturated carbocycles. The van der Waals surface area contributed by atoms with Gasteiger partial charge in [-0.25, -0.2) is 14.2 Å². The summed E-state index contributed by atoms with van der Waals surface area (Å²) in [6.45, 7) is 6.21. The minimum Gasteiger partial charge on any atom is -0.496 e. The molecule has 0 fully saturated rings. The Hall–Kier alpha value is -3.43. The Morgan fingerprint density at radius 3 is 2.57 bits per heavy atom. The van der Waals surface area contributed by atoms with Crippen LogP contribution >= 0.6 is 0 Å². The molecule has 4 N–H and O–H groups in total. The van der Waals surface area contributed by atoms with Gasteiger partial charge in [0.25, 0.3) is 0 Å². The molecule has 9 nitrogen and oxygen atoms in total. The van der Waals surface area contributed by atoms with Crippen molar-refractivity contribution in [3.05, 3.63) is 41.3 Å². The van der Waals surface area contributed by atoms with Gasteiger partial charge in [0, 0.05) is 19.3 Å². The summed E-state index contributed by atoms with van der Waals surface area (Å²) < 4.78 is 23.8. The molecule has 0 radical (unpaired) electrons. The topological polar surface area (TPSA) is 128 Å². The van der Waals surface area contributed by atoms with Gasteiger partial charge in [-0.2, -0.15) is 4.98 Å². The third-order valence-corrected chi connectivity index (χ3v) is 3.77. The molecule has 0 aliphatic heterocycles. The normalized spacial score (nSPS) is 11.0. The molecule has 1 amide bonds. The van der Waals surface area contributed by atoms with Crippen LogP contribution in [0.2, 0.25) is 0 Å². The number of ketones is 1. The molecule has 0 unspecified atom stereocenters. The number of alkyl carbamates (subject to hydrolysis) is 1. The number of carbonyl (C=O) groups is 2. The van der Waals surface area contributed by atoms with Gasteiger partial charge >= 0.3 is 6.09 Å². The summed E-state index contributed by atoms with van der Waals surface area (Å²) in [5.41, 5.74) is 5.41. The standard InChI is InChI=1S/C20H26FN5O4/c1-20(2,3)30-19(28)24-9-5-8-23-18-25-11-14(17(22)26-18)16(27)13-10-12(21)6-7-15(13)29-4/h6-7,10-11H,5,8-9H2,1-4H3,(H,24,28)(H3,22,23,25,26). The van der Waals surface area contributed by atoms with Gasteiger partial charge in [-0.05, 0) is 45.4 Å². The number of aromatic nitrogens is 2. The number of ether oxygens (including phenoxy) is 2. The summed E-state index contributed by atoms with van der Waals surface area (Å²) in [7, 11) is 1.38. The van der Waals surface area contributed by atoms with Crippen LogP contribution in [0.25, 0.3) is 0 Å². The number of halogens is 1. The van der Waals surface area contributed by atoms with Crippen molar-refractivity contribution < 1.29 is 23.5 Å². The van der Waals surface area contributed by atoms with Crippen LogP contribution in [0.4, 0.5) is 21.0 Å². The van der Waals surface area contributed by atoms with Crippen LogP contribution in [0.3, 0.4) is 0 Å². The molecule has 0 aliphatic rings. The van der Waals surface area contributed by atoms with Gasteiger partial charge in [-0.1, -0.05) is 0 Å². The van der Waals surface area contributed by atoms with E-state index in [0.717, 1.165) is 6.07 Å². The summed E-state index contributed by atoms with van der Waals surface area (Å²) >= 11 is 0. The summed E-state index contributed by atoms with van der Waals surface area (Å²) in [5.74, 6) is -0.711. The van der Waals surface area contributed by atoms with Crippen molar-refractivity contribution in [1.29, 1.82) is 0 Å². The number of anilines is 2. The first-order valence-corrected chi connectivity index (χ1v) is 9.32. The van der Waals surface area contributed by atoms with Crippen molar-refractivity contribution in [3.8, 4) is 5.75 Å². The number of rotatable bonds is 8. The van der Waals surface area contributed by atoms with E-state index in [1.54, 1.807) is 20.8 Å². The number of nitrogens with two attached hydrogens (primary N) is 1. The molecular formula is C20H26FN5O4. The van der Waals surface area contributed by atoms with E-state index in [1.165, 1.54) is 25.4 Å².